The normalized spacial score (nSPS) is 10.9. The molecule has 0 aliphatic rings. The van der Waals surface area contributed by atoms with E-state index in [0.29, 0.717) is 17.2 Å². The number of anilines is 1. The van der Waals surface area contributed by atoms with Crippen LogP contribution < -0.4 is 10.1 Å². The van der Waals surface area contributed by atoms with E-state index >= 15 is 0 Å². The molecule has 0 atom stereocenters. The van der Waals surface area contributed by atoms with Crippen LogP contribution in [0.4, 0.5) is 5.00 Å². The van der Waals surface area contributed by atoms with E-state index in [1.54, 1.807) is 6.92 Å². The molecule has 7 heteroatoms. The van der Waals surface area contributed by atoms with Crippen molar-refractivity contribution in [3.63, 3.8) is 0 Å². The van der Waals surface area contributed by atoms with Gasteiger partial charge in [0.2, 0.25) is 5.91 Å². The molecule has 0 bridgehead atoms. The second-order valence-corrected chi connectivity index (χ2v) is 8.89. The third-order valence-corrected chi connectivity index (χ3v) is 6.57. The number of hydrogen-bond acceptors (Lipinski definition) is 5. The number of aryl methyl sites for hydroxylation is 1. The molecule has 0 aliphatic carbocycles. The van der Waals surface area contributed by atoms with Gasteiger partial charge in [-0.2, -0.15) is 0 Å². The molecule has 4 aromatic rings. The molecule has 0 aliphatic heterocycles. The average molecular weight is 463 g/mol. The second-order valence-electron chi connectivity index (χ2n) is 7.66. The van der Waals surface area contributed by atoms with Gasteiger partial charge in [0.05, 0.1) is 17.7 Å². The number of amides is 1. The lowest BCUT2D eigenvalue weighted by Gasteiger charge is -2.10. The van der Waals surface area contributed by atoms with Gasteiger partial charge in [0.25, 0.3) is 0 Å². The Bertz CT molecular complexity index is 1290. The number of nitrogens with one attached hydrogen (secondary N) is 1. The van der Waals surface area contributed by atoms with Gasteiger partial charge >= 0.3 is 5.97 Å². The minimum atomic E-state index is -0.415. The van der Waals surface area contributed by atoms with E-state index in [0.717, 1.165) is 32.7 Å². The highest BCUT2D eigenvalue weighted by Gasteiger charge is 2.22. The van der Waals surface area contributed by atoms with Crippen LogP contribution in [0.2, 0.25) is 0 Å². The Kier molecular flexibility index (Phi) is 6.79. The van der Waals surface area contributed by atoms with Crippen molar-refractivity contribution in [3.05, 3.63) is 82.4 Å². The Morgan fingerprint density at radius 3 is 2.58 bits per heavy atom. The van der Waals surface area contributed by atoms with Crippen molar-refractivity contribution in [2.75, 3.05) is 11.9 Å². The summed E-state index contributed by atoms with van der Waals surface area (Å²) in [6.07, 6.45) is 1.87. The first kappa shape index (κ1) is 22.6. The fraction of sp³-hybridized carbons (Fsp3) is 0.231. The SMILES string of the molecule is CCOC(=O)c1c(NC(=O)Cn2ccc3c(OCc4ccccc4)cccc32)sc(C)c1C. The van der Waals surface area contributed by atoms with Gasteiger partial charge < -0.3 is 19.4 Å². The van der Waals surface area contributed by atoms with E-state index in [1.165, 1.54) is 11.3 Å². The molecule has 2 aromatic heterocycles. The summed E-state index contributed by atoms with van der Waals surface area (Å²) in [6, 6.07) is 17.7. The van der Waals surface area contributed by atoms with Gasteiger partial charge in [0.15, 0.2) is 0 Å². The first-order valence-electron chi connectivity index (χ1n) is 10.8. The quantitative estimate of drug-likeness (QED) is 0.340. The van der Waals surface area contributed by atoms with E-state index in [2.05, 4.69) is 5.32 Å². The molecular formula is C26H26N2O4S. The van der Waals surface area contributed by atoms with Gasteiger partial charge in [-0.1, -0.05) is 36.4 Å². The van der Waals surface area contributed by atoms with Crippen molar-refractivity contribution in [1.29, 1.82) is 0 Å². The zero-order chi connectivity index (χ0) is 23.4. The van der Waals surface area contributed by atoms with E-state index in [4.69, 9.17) is 9.47 Å². The van der Waals surface area contributed by atoms with E-state index < -0.39 is 5.97 Å². The summed E-state index contributed by atoms with van der Waals surface area (Å²) in [6.45, 7) is 6.42. The number of aromatic nitrogens is 1. The van der Waals surface area contributed by atoms with Crippen LogP contribution in [-0.4, -0.2) is 23.1 Å². The number of nitrogens with zero attached hydrogens (tertiary/aromatic N) is 1. The summed E-state index contributed by atoms with van der Waals surface area (Å²) in [5.41, 5.74) is 3.26. The maximum atomic E-state index is 12.9. The van der Waals surface area contributed by atoms with Crippen molar-refractivity contribution in [1.82, 2.24) is 4.57 Å². The molecule has 6 nitrogen and oxygen atoms in total. The number of thiophene rings is 1. The fourth-order valence-electron chi connectivity index (χ4n) is 3.68. The zero-order valence-corrected chi connectivity index (χ0v) is 19.7. The molecule has 2 aromatic carbocycles. The number of benzene rings is 2. The number of ether oxygens (including phenoxy) is 2. The van der Waals surface area contributed by atoms with Crippen LogP contribution in [0.3, 0.4) is 0 Å². The van der Waals surface area contributed by atoms with Crippen molar-refractivity contribution >= 4 is 39.1 Å². The molecule has 0 saturated heterocycles. The monoisotopic (exact) mass is 462 g/mol. The summed E-state index contributed by atoms with van der Waals surface area (Å²) >= 11 is 1.38. The maximum absolute atomic E-state index is 12.9. The lowest BCUT2D eigenvalue weighted by atomic mass is 10.1. The smallest absolute Gasteiger partial charge is 0.341 e. The Morgan fingerprint density at radius 2 is 1.82 bits per heavy atom. The van der Waals surface area contributed by atoms with Crippen LogP contribution in [0, 0.1) is 13.8 Å². The third-order valence-electron chi connectivity index (χ3n) is 5.44. The second kappa shape index (κ2) is 9.92. The van der Waals surface area contributed by atoms with Crippen molar-refractivity contribution in [2.24, 2.45) is 0 Å². The van der Waals surface area contributed by atoms with Crippen molar-refractivity contribution in [3.8, 4) is 5.75 Å². The fourth-order valence-corrected chi connectivity index (χ4v) is 4.74. The summed E-state index contributed by atoms with van der Waals surface area (Å²) in [5.74, 6) is 0.140. The van der Waals surface area contributed by atoms with Crippen LogP contribution in [-0.2, 0) is 22.7 Å². The summed E-state index contributed by atoms with van der Waals surface area (Å²) in [5, 5.41) is 4.37. The number of rotatable bonds is 8. The molecule has 0 spiro atoms. The van der Waals surface area contributed by atoms with Gasteiger partial charge in [-0.3, -0.25) is 4.79 Å². The molecule has 170 valence electrons. The highest BCUT2D eigenvalue weighted by atomic mass is 32.1. The van der Waals surface area contributed by atoms with Gasteiger partial charge in [0, 0.05) is 16.5 Å². The number of carbonyl (C=O) groups is 2. The van der Waals surface area contributed by atoms with Gasteiger partial charge in [0.1, 0.15) is 23.9 Å². The molecule has 0 saturated carbocycles. The molecular weight excluding hydrogens is 436 g/mol. The molecule has 0 fully saturated rings. The zero-order valence-electron chi connectivity index (χ0n) is 18.9. The van der Waals surface area contributed by atoms with E-state index in [1.807, 2.05) is 79.2 Å². The number of esters is 1. The summed E-state index contributed by atoms with van der Waals surface area (Å²) in [7, 11) is 0. The molecule has 2 heterocycles. The first-order valence-corrected chi connectivity index (χ1v) is 11.6. The Morgan fingerprint density at radius 1 is 1.03 bits per heavy atom. The van der Waals surface area contributed by atoms with Gasteiger partial charge in [-0.25, -0.2) is 4.79 Å². The van der Waals surface area contributed by atoms with Crippen LogP contribution in [0.5, 0.6) is 5.75 Å². The van der Waals surface area contributed by atoms with E-state index in [9.17, 15) is 9.59 Å². The average Bonchev–Trinajstić information content (AvgIpc) is 3.33. The largest absolute Gasteiger partial charge is 0.488 e. The Hall–Kier alpha value is -3.58. The minimum Gasteiger partial charge on any atom is -0.488 e. The first-order chi connectivity index (χ1) is 16.0. The van der Waals surface area contributed by atoms with Gasteiger partial charge in [-0.15, -0.1) is 11.3 Å². The Labute approximate surface area is 196 Å². The molecule has 1 amide bonds. The maximum Gasteiger partial charge on any atom is 0.341 e. The van der Waals surface area contributed by atoms with Crippen LogP contribution >= 0.6 is 11.3 Å². The minimum absolute atomic E-state index is 0.115. The topological polar surface area (TPSA) is 69.6 Å². The molecule has 4 rings (SSSR count). The highest BCUT2D eigenvalue weighted by Crippen LogP contribution is 2.33. The predicted molar refractivity (Wildman–Crippen MR) is 131 cm³/mol. The number of carbonyl (C=O) groups excluding carboxylic acids is 2. The van der Waals surface area contributed by atoms with Crippen LogP contribution in [0.1, 0.15) is 33.3 Å². The lowest BCUT2D eigenvalue weighted by molar-refractivity contribution is -0.116. The van der Waals surface area contributed by atoms with Crippen LogP contribution in [0.15, 0.2) is 60.8 Å². The highest BCUT2D eigenvalue weighted by molar-refractivity contribution is 7.16. The van der Waals surface area contributed by atoms with Crippen molar-refractivity contribution < 1.29 is 19.1 Å². The predicted octanol–water partition coefficient (Wildman–Crippen LogP) is 5.71. The summed E-state index contributed by atoms with van der Waals surface area (Å²) < 4.78 is 13.1. The Balaban J connectivity index is 1.50. The number of hydrogen-bond donors (Lipinski definition) is 1. The van der Waals surface area contributed by atoms with Crippen LogP contribution in [0.25, 0.3) is 10.9 Å². The van der Waals surface area contributed by atoms with Gasteiger partial charge in [-0.05, 0) is 50.1 Å². The molecule has 33 heavy (non-hydrogen) atoms. The number of fused-ring (bicyclic) bond motifs is 1. The molecule has 0 unspecified atom stereocenters. The molecule has 1 N–H and O–H groups in total. The lowest BCUT2D eigenvalue weighted by Crippen LogP contribution is -2.19. The third kappa shape index (κ3) is 4.93. The summed E-state index contributed by atoms with van der Waals surface area (Å²) in [4.78, 5) is 26.2. The van der Waals surface area contributed by atoms with Crippen molar-refractivity contribution in [2.45, 2.75) is 33.9 Å². The standard InChI is InChI=1S/C26H26N2O4S/c1-4-31-26(30)24-17(2)18(3)33-25(24)27-23(29)15-28-14-13-20-21(28)11-8-12-22(20)32-16-19-9-6-5-7-10-19/h5-14H,4,15-16H2,1-3H3,(H,27,29). The van der Waals surface area contributed by atoms with E-state index in [-0.39, 0.29) is 19.1 Å². The molecule has 0 radical (unpaired) electrons.